The van der Waals surface area contributed by atoms with Crippen LogP contribution in [-0.4, -0.2) is 71.5 Å². The van der Waals surface area contributed by atoms with Crippen molar-refractivity contribution in [2.75, 3.05) is 26.8 Å². The topological polar surface area (TPSA) is 99.1 Å². The van der Waals surface area contributed by atoms with E-state index in [9.17, 15) is 15.0 Å². The molecular weight excluding hydrogens is 624 g/mol. The monoisotopic (exact) mass is 680 g/mol. The number of nitrogens with one attached hydrogen (secondary N) is 1. The number of benzene rings is 2. The van der Waals surface area contributed by atoms with Crippen molar-refractivity contribution >= 4 is 11.8 Å². The molecular formula is C43H56N2O5. The highest BCUT2D eigenvalue weighted by Gasteiger charge is 2.74. The molecule has 7 nitrogen and oxygen atoms in total. The maximum Gasteiger partial charge on any atom is 0.317 e. The van der Waals surface area contributed by atoms with E-state index in [-0.39, 0.29) is 41.7 Å². The first kappa shape index (κ1) is 35.2. The molecule has 2 amide bonds. The lowest BCUT2D eigenvalue weighted by molar-refractivity contribution is -0.174. The molecule has 2 bridgehead atoms. The SMILES string of the molecule is COCCCN(C[C@]1(O)CC[C@H]2[C@]34C=C[C@@]5(C=C3C(=O)c3ccccc3-c3ccccc3)CC(O)CC[C@]5(C)[C@H]4CC[C@@]21C)C(=O)NC(C)C. The number of nitrogens with zero attached hydrogens (tertiary/aromatic N) is 1. The minimum absolute atomic E-state index is 0.00467. The first-order valence-electron chi connectivity index (χ1n) is 18.9. The van der Waals surface area contributed by atoms with Crippen molar-refractivity contribution in [3.8, 4) is 11.1 Å². The van der Waals surface area contributed by atoms with Gasteiger partial charge in [-0.2, -0.15) is 0 Å². The second-order valence-electron chi connectivity index (χ2n) is 16.9. The average molecular weight is 681 g/mol. The zero-order chi connectivity index (χ0) is 35.5. The Hall–Kier alpha value is -3.26. The highest BCUT2D eigenvalue weighted by Crippen LogP contribution is 2.78. The fourth-order valence-corrected chi connectivity index (χ4v) is 11.6. The number of ketones is 1. The zero-order valence-corrected chi connectivity index (χ0v) is 30.6. The van der Waals surface area contributed by atoms with Gasteiger partial charge in [-0.1, -0.05) is 86.7 Å². The summed E-state index contributed by atoms with van der Waals surface area (Å²) < 4.78 is 5.33. The van der Waals surface area contributed by atoms with Gasteiger partial charge in [-0.3, -0.25) is 4.79 Å². The predicted octanol–water partition coefficient (Wildman–Crippen LogP) is 7.58. The Morgan fingerprint density at radius 1 is 0.940 bits per heavy atom. The lowest BCUT2D eigenvalue weighted by Crippen LogP contribution is -2.67. The molecule has 8 rings (SSSR count). The van der Waals surface area contributed by atoms with Crippen LogP contribution in [0.25, 0.3) is 11.1 Å². The molecule has 0 heterocycles. The first-order valence-corrected chi connectivity index (χ1v) is 18.9. The van der Waals surface area contributed by atoms with E-state index >= 15 is 4.79 Å². The van der Waals surface area contributed by atoms with Crippen LogP contribution in [0.5, 0.6) is 0 Å². The van der Waals surface area contributed by atoms with Crippen LogP contribution in [0, 0.1) is 33.5 Å². The van der Waals surface area contributed by atoms with E-state index in [1.807, 2.05) is 56.3 Å². The summed E-state index contributed by atoms with van der Waals surface area (Å²) in [6.07, 6.45) is 12.6. The molecule has 0 saturated heterocycles. The van der Waals surface area contributed by atoms with Gasteiger partial charge in [0.15, 0.2) is 5.78 Å². The molecule has 2 aromatic rings. The molecule has 0 aromatic heterocycles. The molecule has 3 N–H and O–H groups in total. The number of fused-ring (bicyclic) bond motifs is 1. The van der Waals surface area contributed by atoms with Crippen LogP contribution in [0.2, 0.25) is 0 Å². The number of carbonyl (C=O) groups is 2. The van der Waals surface area contributed by atoms with Crippen LogP contribution < -0.4 is 5.32 Å². The largest absolute Gasteiger partial charge is 0.393 e. The number of methoxy groups -OCH3 is 1. The molecule has 6 aliphatic carbocycles. The standard InChI is InChI=1S/C43H56N2O5/c1-29(2)44-38(48)45(24-11-25-50-5)28-42(49)21-18-36-40(42,4)20-17-35-39(3)19-16-31(46)26-41(39)22-23-43(35,36)34(27-41)37(47)33-15-10-9-14-32(33)30-12-7-6-8-13-30/h6-10,12-15,22-23,27,29,31,35-36,46,49H,11,16-21,24-26,28H2,1-5H3,(H,44,48)/t31?,35-,36-,39-,40+,41+,42-,43-/m1/s1. The van der Waals surface area contributed by atoms with Gasteiger partial charge in [0, 0.05) is 53.7 Å². The van der Waals surface area contributed by atoms with Gasteiger partial charge in [-0.15, -0.1) is 0 Å². The third-order valence-corrected chi connectivity index (χ3v) is 14.1. The fourth-order valence-electron chi connectivity index (χ4n) is 11.6. The number of carbonyl (C=O) groups excluding carboxylic acids is 2. The Morgan fingerprint density at radius 3 is 2.36 bits per heavy atom. The van der Waals surface area contributed by atoms with Gasteiger partial charge < -0.3 is 25.2 Å². The van der Waals surface area contributed by atoms with Gasteiger partial charge in [0.05, 0.1) is 18.2 Å². The molecule has 2 aromatic carbocycles. The van der Waals surface area contributed by atoms with Crippen LogP contribution in [0.15, 0.2) is 78.4 Å². The Balaban J connectivity index is 1.33. The number of hydrogen-bond donors (Lipinski definition) is 3. The number of aliphatic hydroxyl groups excluding tert-OH is 1. The Labute approximate surface area is 298 Å². The van der Waals surface area contributed by atoms with Crippen LogP contribution in [0.1, 0.15) is 89.4 Å². The number of allylic oxidation sites excluding steroid dienone is 4. The summed E-state index contributed by atoms with van der Waals surface area (Å²) in [4.78, 5) is 30.7. The normalized spacial score (nSPS) is 36.7. The van der Waals surface area contributed by atoms with Crippen LogP contribution in [0.3, 0.4) is 0 Å². The Bertz CT molecular complexity index is 1690. The summed E-state index contributed by atoms with van der Waals surface area (Å²) >= 11 is 0. The molecule has 1 unspecified atom stereocenters. The Kier molecular flexibility index (Phi) is 8.96. The van der Waals surface area contributed by atoms with E-state index in [1.54, 1.807) is 12.0 Å². The summed E-state index contributed by atoms with van der Waals surface area (Å²) in [5.74, 6) is 0.255. The lowest BCUT2D eigenvalue weighted by Gasteiger charge is -2.71. The number of aliphatic hydroxyl groups is 2. The number of hydrogen-bond acceptors (Lipinski definition) is 5. The third-order valence-electron chi connectivity index (χ3n) is 14.1. The highest BCUT2D eigenvalue weighted by molar-refractivity contribution is 6.14. The predicted molar refractivity (Wildman–Crippen MR) is 197 cm³/mol. The lowest BCUT2D eigenvalue weighted by atomic mass is 9.32. The molecule has 7 heteroatoms. The fraction of sp³-hybridized carbons (Fsp3) is 0.581. The van der Waals surface area contributed by atoms with Gasteiger partial charge in [0.25, 0.3) is 0 Å². The molecule has 3 saturated carbocycles. The minimum Gasteiger partial charge on any atom is -0.393 e. The maximum absolute atomic E-state index is 15.4. The van der Waals surface area contributed by atoms with Gasteiger partial charge >= 0.3 is 6.03 Å². The van der Waals surface area contributed by atoms with E-state index in [1.165, 1.54) is 0 Å². The molecule has 8 atom stereocenters. The van der Waals surface area contributed by atoms with Crippen LogP contribution >= 0.6 is 0 Å². The molecule has 0 radical (unpaired) electrons. The summed E-state index contributed by atoms with van der Waals surface area (Å²) in [6, 6.07) is 17.9. The van der Waals surface area contributed by atoms with Gasteiger partial charge in [0.1, 0.15) is 0 Å². The summed E-state index contributed by atoms with van der Waals surface area (Å²) in [6.45, 7) is 9.83. The number of Topliss-reactive ketones (excluding diaryl/α,β-unsaturated/α-hetero) is 1. The smallest absolute Gasteiger partial charge is 0.317 e. The minimum atomic E-state index is -1.13. The van der Waals surface area contributed by atoms with Crippen LogP contribution in [-0.2, 0) is 4.74 Å². The van der Waals surface area contributed by atoms with E-state index in [0.29, 0.717) is 38.0 Å². The zero-order valence-electron chi connectivity index (χ0n) is 30.6. The van der Waals surface area contributed by atoms with Crippen LogP contribution in [0.4, 0.5) is 4.79 Å². The van der Waals surface area contributed by atoms with Crippen molar-refractivity contribution in [3.05, 3.63) is 84.0 Å². The summed E-state index contributed by atoms with van der Waals surface area (Å²) in [5.41, 5.74) is 0.719. The van der Waals surface area contributed by atoms with Crippen molar-refractivity contribution in [2.24, 2.45) is 33.5 Å². The molecule has 2 spiro atoms. The van der Waals surface area contributed by atoms with Crippen molar-refractivity contribution in [2.45, 2.75) is 96.8 Å². The molecule has 268 valence electrons. The van der Waals surface area contributed by atoms with Gasteiger partial charge in [0.2, 0.25) is 0 Å². The average Bonchev–Trinajstić information content (AvgIpc) is 3.37. The van der Waals surface area contributed by atoms with E-state index in [4.69, 9.17) is 4.74 Å². The maximum atomic E-state index is 15.4. The van der Waals surface area contributed by atoms with Gasteiger partial charge in [-0.05, 0) is 93.6 Å². The molecule has 6 aliphatic rings. The second-order valence-corrected chi connectivity index (χ2v) is 16.9. The van der Waals surface area contributed by atoms with E-state index < -0.39 is 27.9 Å². The summed E-state index contributed by atoms with van der Waals surface area (Å²) in [7, 11) is 1.67. The first-order chi connectivity index (χ1) is 23.8. The third kappa shape index (κ3) is 5.16. The van der Waals surface area contributed by atoms with E-state index in [2.05, 4.69) is 49.5 Å². The van der Waals surface area contributed by atoms with Crippen molar-refractivity contribution in [3.63, 3.8) is 0 Å². The number of amides is 2. The number of urea groups is 1. The van der Waals surface area contributed by atoms with E-state index in [0.717, 1.165) is 48.8 Å². The molecule has 50 heavy (non-hydrogen) atoms. The highest BCUT2D eigenvalue weighted by atomic mass is 16.5. The Morgan fingerprint density at radius 2 is 1.62 bits per heavy atom. The molecule has 3 fully saturated rings. The van der Waals surface area contributed by atoms with Crippen molar-refractivity contribution in [1.29, 1.82) is 0 Å². The summed E-state index contributed by atoms with van der Waals surface area (Å²) in [5, 5.41) is 27.1. The number of ether oxygens (including phenoxy) is 1. The molecule has 0 aliphatic heterocycles. The number of rotatable bonds is 10. The van der Waals surface area contributed by atoms with Gasteiger partial charge in [-0.25, -0.2) is 4.79 Å². The second kappa shape index (κ2) is 12.8. The van der Waals surface area contributed by atoms with Crippen molar-refractivity contribution < 1.29 is 24.5 Å². The quantitative estimate of drug-likeness (QED) is 0.137. The van der Waals surface area contributed by atoms with Crippen molar-refractivity contribution in [1.82, 2.24) is 10.2 Å².